The standard InChI is InChI=1S/C14H18ClN3O/c1-9(2)16-14(19)10(3)18-12-7-5-4-6-11(12)17-13(18)8-15/h4-7,9-10H,8H2,1-3H3,(H,16,19). The van der Waals surface area contributed by atoms with Gasteiger partial charge in [-0.2, -0.15) is 0 Å². The van der Waals surface area contributed by atoms with E-state index < -0.39 is 0 Å². The molecule has 0 bridgehead atoms. The summed E-state index contributed by atoms with van der Waals surface area (Å²) in [5.74, 6) is 0.979. The summed E-state index contributed by atoms with van der Waals surface area (Å²) in [5.41, 5.74) is 1.80. The zero-order valence-corrected chi connectivity index (χ0v) is 12.1. The zero-order chi connectivity index (χ0) is 14.0. The smallest absolute Gasteiger partial charge is 0.243 e. The molecule has 0 aliphatic carbocycles. The lowest BCUT2D eigenvalue weighted by Gasteiger charge is -2.18. The van der Waals surface area contributed by atoms with Gasteiger partial charge in [0.25, 0.3) is 0 Å². The Labute approximate surface area is 117 Å². The van der Waals surface area contributed by atoms with Crippen LogP contribution in [-0.4, -0.2) is 21.5 Å². The maximum atomic E-state index is 12.2. The van der Waals surface area contributed by atoms with Crippen molar-refractivity contribution in [2.75, 3.05) is 0 Å². The van der Waals surface area contributed by atoms with E-state index >= 15 is 0 Å². The van der Waals surface area contributed by atoms with E-state index in [0.717, 1.165) is 11.0 Å². The molecule has 1 atom stereocenters. The van der Waals surface area contributed by atoms with Gasteiger partial charge in [-0.25, -0.2) is 4.98 Å². The highest BCUT2D eigenvalue weighted by Gasteiger charge is 2.21. The highest BCUT2D eigenvalue weighted by molar-refractivity contribution is 6.16. The number of nitrogens with zero attached hydrogens (tertiary/aromatic N) is 2. The van der Waals surface area contributed by atoms with Gasteiger partial charge in [0.1, 0.15) is 11.9 Å². The Morgan fingerprint density at radius 1 is 1.37 bits per heavy atom. The SMILES string of the molecule is CC(C)NC(=O)C(C)n1c(CCl)nc2ccccc21. The van der Waals surface area contributed by atoms with Crippen molar-refractivity contribution in [1.29, 1.82) is 0 Å². The minimum Gasteiger partial charge on any atom is -0.352 e. The molecule has 1 amide bonds. The maximum Gasteiger partial charge on any atom is 0.243 e. The summed E-state index contributed by atoms with van der Waals surface area (Å²) in [6, 6.07) is 7.53. The number of imidazole rings is 1. The van der Waals surface area contributed by atoms with Crippen molar-refractivity contribution >= 4 is 28.5 Å². The van der Waals surface area contributed by atoms with Crippen LogP contribution in [0.3, 0.4) is 0 Å². The monoisotopic (exact) mass is 279 g/mol. The van der Waals surface area contributed by atoms with Gasteiger partial charge in [0.05, 0.1) is 16.9 Å². The van der Waals surface area contributed by atoms with Crippen LogP contribution in [0.5, 0.6) is 0 Å². The fraction of sp³-hybridized carbons (Fsp3) is 0.429. The van der Waals surface area contributed by atoms with Gasteiger partial charge in [0.15, 0.2) is 0 Å². The van der Waals surface area contributed by atoms with Crippen LogP contribution in [0.2, 0.25) is 0 Å². The van der Waals surface area contributed by atoms with E-state index in [1.165, 1.54) is 0 Å². The second-order valence-electron chi connectivity index (χ2n) is 4.86. The van der Waals surface area contributed by atoms with Crippen molar-refractivity contribution in [2.45, 2.75) is 38.7 Å². The molecule has 2 aromatic rings. The summed E-state index contributed by atoms with van der Waals surface area (Å²) < 4.78 is 1.90. The summed E-state index contributed by atoms with van der Waals surface area (Å²) in [6.45, 7) is 5.75. The molecule has 1 heterocycles. The highest BCUT2D eigenvalue weighted by Crippen LogP contribution is 2.22. The third-order valence-corrected chi connectivity index (χ3v) is 3.23. The van der Waals surface area contributed by atoms with Crippen LogP contribution in [-0.2, 0) is 10.7 Å². The van der Waals surface area contributed by atoms with Gasteiger partial charge < -0.3 is 9.88 Å². The predicted octanol–water partition coefficient (Wildman–Crippen LogP) is 2.86. The first-order valence-corrected chi connectivity index (χ1v) is 6.90. The van der Waals surface area contributed by atoms with Gasteiger partial charge in [-0.3, -0.25) is 4.79 Å². The fourth-order valence-corrected chi connectivity index (χ4v) is 2.33. The third-order valence-electron chi connectivity index (χ3n) is 2.99. The normalized spacial score (nSPS) is 12.9. The minimum atomic E-state index is -0.330. The van der Waals surface area contributed by atoms with Crippen molar-refractivity contribution in [3.63, 3.8) is 0 Å². The number of para-hydroxylation sites is 2. The molecule has 19 heavy (non-hydrogen) atoms. The number of carbonyl (C=O) groups is 1. The Hall–Kier alpha value is -1.55. The molecule has 1 aromatic carbocycles. The molecule has 1 aromatic heterocycles. The Balaban J connectivity index is 2.45. The first-order valence-electron chi connectivity index (χ1n) is 6.36. The van der Waals surface area contributed by atoms with Gasteiger partial charge in [0.2, 0.25) is 5.91 Å². The van der Waals surface area contributed by atoms with Crippen molar-refractivity contribution in [3.05, 3.63) is 30.1 Å². The number of hydrogen-bond donors (Lipinski definition) is 1. The van der Waals surface area contributed by atoms with Crippen LogP contribution >= 0.6 is 11.6 Å². The molecule has 0 spiro atoms. The lowest BCUT2D eigenvalue weighted by molar-refractivity contribution is -0.124. The molecule has 0 radical (unpaired) electrons. The lowest BCUT2D eigenvalue weighted by Crippen LogP contribution is -2.36. The molecule has 0 fully saturated rings. The van der Waals surface area contributed by atoms with Gasteiger partial charge in [-0.05, 0) is 32.9 Å². The highest BCUT2D eigenvalue weighted by atomic mass is 35.5. The van der Waals surface area contributed by atoms with Crippen LogP contribution in [0.15, 0.2) is 24.3 Å². The molecule has 0 saturated carbocycles. The topological polar surface area (TPSA) is 46.9 Å². The number of benzene rings is 1. The van der Waals surface area contributed by atoms with Crippen LogP contribution in [0, 0.1) is 0 Å². The van der Waals surface area contributed by atoms with Crippen LogP contribution < -0.4 is 5.32 Å². The van der Waals surface area contributed by atoms with Crippen molar-refractivity contribution in [2.24, 2.45) is 0 Å². The van der Waals surface area contributed by atoms with E-state index in [1.54, 1.807) is 0 Å². The molecule has 0 aliphatic rings. The Bertz CT molecular complexity index is 591. The van der Waals surface area contributed by atoms with Crippen LogP contribution in [0.4, 0.5) is 0 Å². The second-order valence-corrected chi connectivity index (χ2v) is 5.13. The molecule has 1 N–H and O–H groups in total. The summed E-state index contributed by atoms with van der Waals surface area (Å²) in [6.07, 6.45) is 0. The zero-order valence-electron chi connectivity index (χ0n) is 11.4. The van der Waals surface area contributed by atoms with Crippen LogP contribution in [0.25, 0.3) is 11.0 Å². The number of rotatable bonds is 4. The number of halogens is 1. The van der Waals surface area contributed by atoms with E-state index in [-0.39, 0.29) is 23.9 Å². The molecule has 102 valence electrons. The van der Waals surface area contributed by atoms with E-state index in [2.05, 4.69) is 10.3 Å². The Morgan fingerprint density at radius 2 is 2.05 bits per heavy atom. The number of amides is 1. The predicted molar refractivity (Wildman–Crippen MR) is 77.3 cm³/mol. The largest absolute Gasteiger partial charge is 0.352 e. The van der Waals surface area contributed by atoms with Crippen LogP contribution in [0.1, 0.15) is 32.6 Å². The summed E-state index contributed by atoms with van der Waals surface area (Å²) >= 11 is 5.94. The molecule has 5 heteroatoms. The first kappa shape index (κ1) is 13.9. The molecule has 0 saturated heterocycles. The lowest BCUT2D eigenvalue weighted by atomic mass is 10.2. The average Bonchev–Trinajstić information content (AvgIpc) is 2.75. The number of hydrogen-bond acceptors (Lipinski definition) is 2. The molecule has 4 nitrogen and oxygen atoms in total. The molecule has 1 unspecified atom stereocenters. The third kappa shape index (κ3) is 2.73. The summed E-state index contributed by atoms with van der Waals surface area (Å²) in [5, 5.41) is 2.92. The Kier molecular flexibility index (Phi) is 4.10. The number of carbonyl (C=O) groups excluding carboxylic acids is 1. The van der Waals surface area contributed by atoms with E-state index in [9.17, 15) is 4.79 Å². The van der Waals surface area contributed by atoms with E-state index in [0.29, 0.717) is 5.82 Å². The quantitative estimate of drug-likeness (QED) is 0.875. The average molecular weight is 280 g/mol. The minimum absolute atomic E-state index is 0.0236. The van der Waals surface area contributed by atoms with Crippen molar-refractivity contribution < 1.29 is 4.79 Å². The maximum absolute atomic E-state index is 12.2. The van der Waals surface area contributed by atoms with Crippen molar-refractivity contribution in [3.8, 4) is 0 Å². The van der Waals surface area contributed by atoms with E-state index in [4.69, 9.17) is 11.6 Å². The summed E-state index contributed by atoms with van der Waals surface area (Å²) in [7, 11) is 0. The number of aromatic nitrogens is 2. The molecule has 0 aliphatic heterocycles. The molecular weight excluding hydrogens is 262 g/mol. The Morgan fingerprint density at radius 3 is 2.68 bits per heavy atom. The summed E-state index contributed by atoms with van der Waals surface area (Å²) in [4.78, 5) is 16.6. The van der Waals surface area contributed by atoms with Gasteiger partial charge in [-0.1, -0.05) is 12.1 Å². The fourth-order valence-electron chi connectivity index (χ4n) is 2.14. The number of alkyl halides is 1. The molecular formula is C14H18ClN3O. The van der Waals surface area contributed by atoms with Gasteiger partial charge in [0, 0.05) is 6.04 Å². The van der Waals surface area contributed by atoms with Crippen molar-refractivity contribution in [1.82, 2.24) is 14.9 Å². The molecule has 2 rings (SSSR count). The van der Waals surface area contributed by atoms with Gasteiger partial charge in [-0.15, -0.1) is 11.6 Å². The first-order chi connectivity index (χ1) is 9.04. The van der Waals surface area contributed by atoms with E-state index in [1.807, 2.05) is 49.6 Å². The van der Waals surface area contributed by atoms with Gasteiger partial charge >= 0.3 is 0 Å². The number of fused-ring (bicyclic) bond motifs is 1. The second kappa shape index (κ2) is 5.61. The number of nitrogens with one attached hydrogen (secondary N) is 1.